The molecule has 1 fully saturated rings. The lowest BCUT2D eigenvalue weighted by Gasteiger charge is -2.28. The van der Waals surface area contributed by atoms with Crippen molar-refractivity contribution in [2.45, 2.75) is 23.8 Å². The minimum Gasteiger partial charge on any atom is -0.497 e. The van der Waals surface area contributed by atoms with Crippen molar-refractivity contribution in [3.05, 3.63) is 35.7 Å². The normalized spacial score (nSPS) is 15.8. The molecular formula is C17H21N3O4S. The van der Waals surface area contributed by atoms with Crippen molar-refractivity contribution in [3.63, 3.8) is 0 Å². The van der Waals surface area contributed by atoms with E-state index in [9.17, 15) is 4.79 Å². The first-order valence-corrected chi connectivity index (χ1v) is 9.02. The van der Waals surface area contributed by atoms with Crippen LogP contribution in [0, 0.1) is 0 Å². The Bertz CT molecular complexity index is 698. The Hall–Kier alpha value is -2.06. The SMILES string of the molecule is COc1ccc(Cc2nnc(S[C@H](C)C(=O)N3CCOCC3)o2)cc1. The second kappa shape index (κ2) is 8.35. The number of hydrogen-bond acceptors (Lipinski definition) is 7. The first-order chi connectivity index (χ1) is 12.2. The summed E-state index contributed by atoms with van der Waals surface area (Å²) in [6, 6.07) is 7.70. The van der Waals surface area contributed by atoms with Gasteiger partial charge in [-0.15, -0.1) is 10.2 Å². The molecule has 134 valence electrons. The molecule has 1 atom stereocenters. The monoisotopic (exact) mass is 363 g/mol. The van der Waals surface area contributed by atoms with Gasteiger partial charge in [0.05, 0.1) is 32.0 Å². The summed E-state index contributed by atoms with van der Waals surface area (Å²) in [5.41, 5.74) is 1.05. The number of carbonyl (C=O) groups excluding carboxylic acids is 1. The fourth-order valence-electron chi connectivity index (χ4n) is 2.52. The number of nitrogens with zero attached hydrogens (tertiary/aromatic N) is 3. The molecule has 0 bridgehead atoms. The molecule has 0 saturated carbocycles. The number of amides is 1. The van der Waals surface area contributed by atoms with Gasteiger partial charge >= 0.3 is 0 Å². The van der Waals surface area contributed by atoms with Crippen molar-refractivity contribution in [1.82, 2.24) is 15.1 Å². The van der Waals surface area contributed by atoms with Crippen LogP contribution in [0.5, 0.6) is 5.75 Å². The number of ether oxygens (including phenoxy) is 2. The van der Waals surface area contributed by atoms with Gasteiger partial charge in [0.25, 0.3) is 5.22 Å². The number of methoxy groups -OCH3 is 1. The van der Waals surface area contributed by atoms with E-state index < -0.39 is 0 Å². The van der Waals surface area contributed by atoms with Crippen molar-refractivity contribution in [2.75, 3.05) is 33.4 Å². The highest BCUT2D eigenvalue weighted by molar-refractivity contribution is 8.00. The van der Waals surface area contributed by atoms with Crippen LogP contribution in [-0.2, 0) is 16.0 Å². The van der Waals surface area contributed by atoms with Crippen molar-refractivity contribution in [2.24, 2.45) is 0 Å². The first kappa shape index (κ1) is 17.8. The quantitative estimate of drug-likeness (QED) is 0.727. The molecule has 1 aromatic heterocycles. The second-order valence-corrected chi connectivity index (χ2v) is 6.98. The summed E-state index contributed by atoms with van der Waals surface area (Å²) < 4.78 is 16.1. The summed E-state index contributed by atoms with van der Waals surface area (Å²) in [5.74, 6) is 1.41. The lowest BCUT2D eigenvalue weighted by molar-refractivity contribution is -0.134. The van der Waals surface area contributed by atoms with Gasteiger partial charge in [0.1, 0.15) is 5.75 Å². The number of carbonyl (C=O) groups is 1. The van der Waals surface area contributed by atoms with Crippen LogP contribution in [0.3, 0.4) is 0 Å². The molecule has 25 heavy (non-hydrogen) atoms. The van der Waals surface area contributed by atoms with Gasteiger partial charge in [-0.05, 0) is 24.6 Å². The predicted octanol–water partition coefficient (Wildman–Crippen LogP) is 2.01. The van der Waals surface area contributed by atoms with Crippen LogP contribution in [-0.4, -0.2) is 59.7 Å². The van der Waals surface area contributed by atoms with Crippen LogP contribution in [0.2, 0.25) is 0 Å². The Morgan fingerprint density at radius 3 is 2.68 bits per heavy atom. The fraction of sp³-hybridized carbons (Fsp3) is 0.471. The highest BCUT2D eigenvalue weighted by Crippen LogP contribution is 2.24. The smallest absolute Gasteiger partial charge is 0.277 e. The lowest BCUT2D eigenvalue weighted by atomic mass is 10.1. The maximum Gasteiger partial charge on any atom is 0.277 e. The number of aromatic nitrogens is 2. The Labute approximate surface area is 150 Å². The van der Waals surface area contributed by atoms with Gasteiger partial charge in [-0.2, -0.15) is 0 Å². The number of hydrogen-bond donors (Lipinski definition) is 0. The molecule has 7 nitrogen and oxygen atoms in total. The zero-order chi connectivity index (χ0) is 17.6. The molecule has 1 aromatic carbocycles. The van der Waals surface area contributed by atoms with Gasteiger partial charge in [-0.25, -0.2) is 0 Å². The third-order valence-corrected chi connectivity index (χ3v) is 4.83. The molecule has 1 amide bonds. The third kappa shape index (κ3) is 4.73. The van der Waals surface area contributed by atoms with E-state index in [-0.39, 0.29) is 11.2 Å². The van der Waals surface area contributed by atoms with Crippen molar-refractivity contribution >= 4 is 17.7 Å². The summed E-state index contributed by atoms with van der Waals surface area (Å²) in [4.78, 5) is 14.2. The van der Waals surface area contributed by atoms with Crippen molar-refractivity contribution in [1.29, 1.82) is 0 Å². The van der Waals surface area contributed by atoms with E-state index in [0.29, 0.717) is 43.8 Å². The average molecular weight is 363 g/mol. The molecule has 0 unspecified atom stereocenters. The number of thioether (sulfide) groups is 1. The van der Waals surface area contributed by atoms with E-state index in [0.717, 1.165) is 11.3 Å². The summed E-state index contributed by atoms with van der Waals surface area (Å²) in [6.07, 6.45) is 0.545. The zero-order valence-electron chi connectivity index (χ0n) is 14.3. The van der Waals surface area contributed by atoms with Crippen LogP contribution in [0.15, 0.2) is 33.9 Å². The molecule has 1 aliphatic heterocycles. The largest absolute Gasteiger partial charge is 0.497 e. The summed E-state index contributed by atoms with van der Waals surface area (Å²) >= 11 is 1.29. The van der Waals surface area contributed by atoms with Crippen LogP contribution >= 0.6 is 11.8 Å². The topological polar surface area (TPSA) is 77.7 Å². The Morgan fingerprint density at radius 2 is 2.00 bits per heavy atom. The van der Waals surface area contributed by atoms with Gasteiger partial charge in [-0.1, -0.05) is 23.9 Å². The molecule has 0 N–H and O–H groups in total. The highest BCUT2D eigenvalue weighted by Gasteiger charge is 2.25. The number of morpholine rings is 1. The van der Waals surface area contributed by atoms with Gasteiger partial charge in [0.15, 0.2) is 0 Å². The molecule has 8 heteroatoms. The molecular weight excluding hydrogens is 342 g/mol. The van der Waals surface area contributed by atoms with Gasteiger partial charge in [0, 0.05) is 13.1 Å². The fourth-order valence-corrected chi connectivity index (χ4v) is 3.30. The maximum absolute atomic E-state index is 12.4. The number of rotatable bonds is 6. The van der Waals surface area contributed by atoms with E-state index >= 15 is 0 Å². The van der Waals surface area contributed by atoms with E-state index in [2.05, 4.69) is 10.2 Å². The van der Waals surface area contributed by atoms with Crippen LogP contribution in [0.1, 0.15) is 18.4 Å². The van der Waals surface area contributed by atoms with Gasteiger partial charge < -0.3 is 18.8 Å². The van der Waals surface area contributed by atoms with Crippen LogP contribution < -0.4 is 4.74 Å². The third-order valence-electron chi connectivity index (χ3n) is 3.91. The molecule has 0 aliphatic carbocycles. The Morgan fingerprint density at radius 1 is 1.28 bits per heavy atom. The van der Waals surface area contributed by atoms with E-state index in [4.69, 9.17) is 13.9 Å². The zero-order valence-corrected chi connectivity index (χ0v) is 15.1. The van der Waals surface area contributed by atoms with E-state index in [1.165, 1.54) is 11.8 Å². The maximum atomic E-state index is 12.4. The number of benzene rings is 1. The van der Waals surface area contributed by atoms with Gasteiger partial charge in [0.2, 0.25) is 11.8 Å². The average Bonchev–Trinajstić information content (AvgIpc) is 3.09. The van der Waals surface area contributed by atoms with Crippen molar-refractivity contribution in [3.8, 4) is 5.75 Å². The van der Waals surface area contributed by atoms with E-state index in [1.54, 1.807) is 7.11 Å². The standard InChI is InChI=1S/C17H21N3O4S/c1-12(16(21)20-7-9-23-10-8-20)25-17-19-18-15(24-17)11-13-3-5-14(22-2)6-4-13/h3-6,12H,7-11H2,1-2H3/t12-/m1/s1. The molecule has 2 aromatic rings. The predicted molar refractivity (Wildman–Crippen MR) is 92.8 cm³/mol. The van der Waals surface area contributed by atoms with E-state index in [1.807, 2.05) is 36.1 Å². The van der Waals surface area contributed by atoms with Crippen LogP contribution in [0.25, 0.3) is 0 Å². The Balaban J connectivity index is 1.56. The lowest BCUT2D eigenvalue weighted by Crippen LogP contribution is -2.44. The first-order valence-electron chi connectivity index (χ1n) is 8.14. The Kier molecular flexibility index (Phi) is 5.93. The minimum absolute atomic E-state index is 0.0724. The molecule has 1 saturated heterocycles. The summed E-state index contributed by atoms with van der Waals surface area (Å²) in [5, 5.41) is 8.25. The molecule has 0 spiro atoms. The summed E-state index contributed by atoms with van der Waals surface area (Å²) in [6.45, 7) is 4.31. The molecule has 1 aliphatic rings. The molecule has 0 radical (unpaired) electrons. The van der Waals surface area contributed by atoms with Gasteiger partial charge in [-0.3, -0.25) is 4.79 Å². The van der Waals surface area contributed by atoms with Crippen molar-refractivity contribution < 1.29 is 18.7 Å². The van der Waals surface area contributed by atoms with Crippen LogP contribution in [0.4, 0.5) is 0 Å². The second-order valence-electron chi connectivity index (χ2n) is 5.68. The minimum atomic E-state index is -0.271. The highest BCUT2D eigenvalue weighted by atomic mass is 32.2. The molecule has 2 heterocycles. The summed E-state index contributed by atoms with van der Waals surface area (Å²) in [7, 11) is 1.63. The molecule has 3 rings (SSSR count).